The van der Waals surface area contributed by atoms with Gasteiger partial charge in [0, 0.05) is 36.4 Å². The molecule has 1 heterocycles. The molecule has 2 aromatic rings. The third-order valence-corrected chi connectivity index (χ3v) is 8.10. The molecule has 3 unspecified atom stereocenters. The average Bonchev–Trinajstić information content (AvgIpc) is 3.56. The van der Waals surface area contributed by atoms with Gasteiger partial charge in [-0.2, -0.15) is 11.8 Å². The first-order valence-corrected chi connectivity index (χ1v) is 12.9. The molecule has 7 nitrogen and oxygen atoms in total. The standard InChI is InChI=1S/C26H28N2O5S/c29-24(30)12-17-15-34-10-9-28(17)25(31)22-11-16(22)13-27-26(32)33-14-23-20-7-3-1-5-18(20)19-6-2-4-8-21(19)23/h1-8,16-17,22-23H,9-15H2,(H,27,32)(H,29,30). The van der Waals surface area contributed by atoms with E-state index in [9.17, 15) is 14.4 Å². The number of thioether (sulfide) groups is 1. The third kappa shape index (κ3) is 4.64. The Hall–Kier alpha value is -3.00. The average molecular weight is 481 g/mol. The second-order valence-electron chi connectivity index (χ2n) is 9.17. The minimum absolute atomic E-state index is 0.0107. The summed E-state index contributed by atoms with van der Waals surface area (Å²) in [5.74, 6) is 0.573. The van der Waals surface area contributed by atoms with Gasteiger partial charge in [-0.05, 0) is 34.6 Å². The van der Waals surface area contributed by atoms with Crippen LogP contribution in [0.15, 0.2) is 48.5 Å². The third-order valence-electron chi connectivity index (χ3n) is 7.01. The van der Waals surface area contributed by atoms with Crippen LogP contribution < -0.4 is 5.32 Å². The molecule has 2 aromatic carbocycles. The van der Waals surface area contributed by atoms with Crippen molar-refractivity contribution >= 4 is 29.7 Å². The highest BCUT2D eigenvalue weighted by Gasteiger charge is 2.46. The van der Waals surface area contributed by atoms with Crippen molar-refractivity contribution < 1.29 is 24.2 Å². The number of aliphatic carboxylic acids is 1. The molecule has 3 aliphatic rings. The smallest absolute Gasteiger partial charge is 0.407 e. The predicted octanol–water partition coefficient (Wildman–Crippen LogP) is 3.58. The summed E-state index contributed by atoms with van der Waals surface area (Å²) in [6, 6.07) is 16.2. The minimum Gasteiger partial charge on any atom is -0.481 e. The highest BCUT2D eigenvalue weighted by molar-refractivity contribution is 7.99. The molecule has 2 fully saturated rings. The SMILES string of the molecule is O=C(O)CC1CSCCN1C(=O)C1CC1CNC(=O)OCC1c2ccccc2-c2ccccc21. The maximum Gasteiger partial charge on any atom is 0.407 e. The van der Waals surface area contributed by atoms with Crippen LogP contribution in [0.25, 0.3) is 11.1 Å². The molecule has 5 rings (SSSR count). The van der Waals surface area contributed by atoms with Crippen LogP contribution in [0.2, 0.25) is 0 Å². The Balaban J connectivity index is 1.11. The van der Waals surface area contributed by atoms with E-state index < -0.39 is 12.1 Å². The number of hydrogen-bond donors (Lipinski definition) is 2. The van der Waals surface area contributed by atoms with Gasteiger partial charge < -0.3 is 20.1 Å². The predicted molar refractivity (Wildman–Crippen MR) is 130 cm³/mol. The number of nitrogens with zero attached hydrogens (tertiary/aromatic N) is 1. The van der Waals surface area contributed by atoms with Crippen molar-refractivity contribution in [2.45, 2.75) is 24.8 Å². The molecule has 178 valence electrons. The number of ether oxygens (including phenoxy) is 1. The summed E-state index contributed by atoms with van der Waals surface area (Å²) in [5.41, 5.74) is 4.70. The van der Waals surface area contributed by atoms with Gasteiger partial charge in [0.2, 0.25) is 5.91 Å². The first-order chi connectivity index (χ1) is 16.5. The number of hydrogen-bond acceptors (Lipinski definition) is 5. The number of benzene rings is 2. The topological polar surface area (TPSA) is 95.9 Å². The number of fused-ring (bicyclic) bond motifs is 3. The Labute approximate surface area is 202 Å². The molecule has 1 saturated heterocycles. The van der Waals surface area contributed by atoms with E-state index in [4.69, 9.17) is 9.84 Å². The fraction of sp³-hybridized carbons (Fsp3) is 0.423. The Morgan fingerprint density at radius 2 is 1.74 bits per heavy atom. The van der Waals surface area contributed by atoms with E-state index in [1.165, 1.54) is 22.3 Å². The summed E-state index contributed by atoms with van der Waals surface area (Å²) < 4.78 is 5.58. The van der Waals surface area contributed by atoms with Gasteiger partial charge in [-0.3, -0.25) is 9.59 Å². The minimum atomic E-state index is -0.880. The van der Waals surface area contributed by atoms with Gasteiger partial charge in [-0.1, -0.05) is 48.5 Å². The fourth-order valence-electron chi connectivity index (χ4n) is 5.17. The van der Waals surface area contributed by atoms with Gasteiger partial charge >= 0.3 is 12.1 Å². The molecule has 8 heteroatoms. The summed E-state index contributed by atoms with van der Waals surface area (Å²) >= 11 is 1.69. The zero-order valence-corrected chi connectivity index (χ0v) is 19.6. The van der Waals surface area contributed by atoms with E-state index >= 15 is 0 Å². The summed E-state index contributed by atoms with van der Waals surface area (Å²) in [5, 5.41) is 12.0. The quantitative estimate of drug-likeness (QED) is 0.629. The molecule has 2 aliphatic carbocycles. The van der Waals surface area contributed by atoms with Crippen molar-refractivity contribution in [1.29, 1.82) is 0 Å². The first-order valence-electron chi connectivity index (χ1n) is 11.7. The molecule has 2 amide bonds. The maximum atomic E-state index is 12.9. The number of nitrogens with one attached hydrogen (secondary N) is 1. The molecule has 0 radical (unpaired) electrons. The Morgan fingerprint density at radius 3 is 2.41 bits per heavy atom. The van der Waals surface area contributed by atoms with Crippen LogP contribution in [-0.4, -0.2) is 65.2 Å². The molecular weight excluding hydrogens is 452 g/mol. The van der Waals surface area contributed by atoms with Crippen LogP contribution in [0.4, 0.5) is 4.79 Å². The number of alkyl carbamates (subject to hydrolysis) is 1. The van der Waals surface area contributed by atoms with Gasteiger partial charge in [0.1, 0.15) is 6.61 Å². The fourth-order valence-corrected chi connectivity index (χ4v) is 6.23. The van der Waals surface area contributed by atoms with Crippen LogP contribution in [0.3, 0.4) is 0 Å². The van der Waals surface area contributed by atoms with E-state index in [-0.39, 0.29) is 42.7 Å². The number of carboxylic acids is 1. The summed E-state index contributed by atoms with van der Waals surface area (Å²) in [4.78, 5) is 38.2. The number of rotatable bonds is 7. The lowest BCUT2D eigenvalue weighted by Crippen LogP contribution is -2.48. The lowest BCUT2D eigenvalue weighted by molar-refractivity contribution is -0.141. The lowest BCUT2D eigenvalue weighted by atomic mass is 9.98. The molecule has 0 bridgehead atoms. The van der Waals surface area contributed by atoms with Gasteiger partial charge in [0.05, 0.1) is 12.5 Å². The van der Waals surface area contributed by atoms with Crippen LogP contribution in [0.5, 0.6) is 0 Å². The van der Waals surface area contributed by atoms with E-state index in [1.54, 1.807) is 16.7 Å². The van der Waals surface area contributed by atoms with Gasteiger partial charge in [-0.15, -0.1) is 0 Å². The highest BCUT2D eigenvalue weighted by atomic mass is 32.2. The Bertz CT molecular complexity index is 1060. The summed E-state index contributed by atoms with van der Waals surface area (Å²) in [6.45, 7) is 1.24. The number of carbonyl (C=O) groups excluding carboxylic acids is 2. The summed E-state index contributed by atoms with van der Waals surface area (Å²) in [6.07, 6.45) is 0.221. The molecule has 1 aliphatic heterocycles. The monoisotopic (exact) mass is 480 g/mol. The van der Waals surface area contributed by atoms with Gasteiger partial charge in [0.25, 0.3) is 0 Å². The largest absolute Gasteiger partial charge is 0.481 e. The van der Waals surface area contributed by atoms with Crippen molar-refractivity contribution in [2.24, 2.45) is 11.8 Å². The maximum absolute atomic E-state index is 12.9. The highest BCUT2D eigenvalue weighted by Crippen LogP contribution is 2.44. The van der Waals surface area contributed by atoms with Crippen LogP contribution in [0, 0.1) is 11.8 Å². The molecule has 2 N–H and O–H groups in total. The molecule has 0 spiro atoms. The second-order valence-corrected chi connectivity index (χ2v) is 10.3. The van der Waals surface area contributed by atoms with E-state index in [0.29, 0.717) is 25.3 Å². The molecular formula is C26H28N2O5S. The normalized spacial score (nSPS) is 23.1. The second kappa shape index (κ2) is 9.70. The van der Waals surface area contributed by atoms with Crippen molar-refractivity contribution in [3.63, 3.8) is 0 Å². The number of carbonyl (C=O) groups is 3. The van der Waals surface area contributed by atoms with Crippen LogP contribution in [0.1, 0.15) is 29.9 Å². The van der Waals surface area contributed by atoms with E-state index in [0.717, 1.165) is 5.75 Å². The molecule has 1 saturated carbocycles. The van der Waals surface area contributed by atoms with Crippen molar-refractivity contribution in [2.75, 3.05) is 31.2 Å². The Morgan fingerprint density at radius 1 is 1.06 bits per heavy atom. The number of amides is 2. The molecule has 0 aromatic heterocycles. The Kier molecular flexibility index (Phi) is 6.50. The zero-order valence-electron chi connectivity index (χ0n) is 18.8. The van der Waals surface area contributed by atoms with Crippen molar-refractivity contribution in [3.8, 4) is 11.1 Å². The zero-order chi connectivity index (χ0) is 23.7. The molecule has 34 heavy (non-hydrogen) atoms. The van der Waals surface area contributed by atoms with Gasteiger partial charge in [0.15, 0.2) is 0 Å². The van der Waals surface area contributed by atoms with E-state index in [2.05, 4.69) is 29.6 Å². The first kappa shape index (κ1) is 22.8. The molecule has 3 atom stereocenters. The summed E-state index contributed by atoms with van der Waals surface area (Å²) in [7, 11) is 0. The van der Waals surface area contributed by atoms with Crippen LogP contribution >= 0.6 is 11.8 Å². The van der Waals surface area contributed by atoms with Crippen molar-refractivity contribution in [1.82, 2.24) is 10.2 Å². The van der Waals surface area contributed by atoms with E-state index in [1.807, 2.05) is 24.3 Å². The lowest BCUT2D eigenvalue weighted by Gasteiger charge is -2.35. The number of carboxylic acid groups (broad SMARTS) is 1. The van der Waals surface area contributed by atoms with Crippen molar-refractivity contribution in [3.05, 3.63) is 59.7 Å². The van der Waals surface area contributed by atoms with Crippen LogP contribution in [-0.2, 0) is 14.3 Å². The van der Waals surface area contributed by atoms with Gasteiger partial charge in [-0.25, -0.2) is 4.79 Å².